The number of nitrogens with two attached hydrogens (primary N) is 1. The smallest absolute Gasteiger partial charge is 0.0992 e. The monoisotopic (exact) mass is 219 g/mol. The summed E-state index contributed by atoms with van der Waals surface area (Å²) in [4.78, 5) is 0. The van der Waals surface area contributed by atoms with E-state index in [2.05, 4.69) is 18.3 Å². The standard InChI is InChI=1S/C12H17N3O/c1-9(5-6-16-2)15-12-7-10(8-13)3-4-11(12)14/h3-4,7,9,15H,5-6,14H2,1-2H3. The molecular weight excluding hydrogens is 202 g/mol. The summed E-state index contributed by atoms with van der Waals surface area (Å²) in [6.07, 6.45) is 0.896. The van der Waals surface area contributed by atoms with Crippen LogP contribution in [-0.2, 0) is 4.74 Å². The number of methoxy groups -OCH3 is 1. The summed E-state index contributed by atoms with van der Waals surface area (Å²) in [6.45, 7) is 2.75. The summed E-state index contributed by atoms with van der Waals surface area (Å²) in [5, 5.41) is 12.1. The zero-order valence-electron chi connectivity index (χ0n) is 9.66. The van der Waals surface area contributed by atoms with Gasteiger partial charge in [0.2, 0.25) is 0 Å². The van der Waals surface area contributed by atoms with Gasteiger partial charge in [-0.2, -0.15) is 5.26 Å². The second-order valence-electron chi connectivity index (χ2n) is 3.74. The lowest BCUT2D eigenvalue weighted by atomic mass is 10.1. The highest BCUT2D eigenvalue weighted by Gasteiger charge is 2.05. The molecule has 4 heteroatoms. The molecule has 0 spiro atoms. The Morgan fingerprint density at radius 3 is 2.94 bits per heavy atom. The van der Waals surface area contributed by atoms with E-state index in [9.17, 15) is 0 Å². The number of anilines is 2. The number of nitrogen functional groups attached to an aromatic ring is 1. The van der Waals surface area contributed by atoms with Gasteiger partial charge in [0.15, 0.2) is 0 Å². The van der Waals surface area contributed by atoms with Gasteiger partial charge in [-0.3, -0.25) is 0 Å². The van der Waals surface area contributed by atoms with E-state index in [1.807, 2.05) is 0 Å². The largest absolute Gasteiger partial charge is 0.397 e. The minimum atomic E-state index is 0.260. The summed E-state index contributed by atoms with van der Waals surface area (Å²) >= 11 is 0. The molecule has 1 aromatic rings. The molecule has 0 amide bonds. The third-order valence-electron chi connectivity index (χ3n) is 2.34. The van der Waals surface area contributed by atoms with E-state index in [-0.39, 0.29) is 6.04 Å². The van der Waals surface area contributed by atoms with Crippen LogP contribution in [0.3, 0.4) is 0 Å². The van der Waals surface area contributed by atoms with E-state index in [0.717, 1.165) is 12.1 Å². The Bertz CT molecular complexity index is 384. The molecule has 1 unspecified atom stereocenters. The number of nitrogens with zero attached hydrogens (tertiary/aromatic N) is 1. The Balaban J connectivity index is 2.69. The van der Waals surface area contributed by atoms with Gasteiger partial charge < -0.3 is 15.8 Å². The summed E-state index contributed by atoms with van der Waals surface area (Å²) in [5.41, 5.74) is 7.89. The Labute approximate surface area is 96.0 Å². The quantitative estimate of drug-likeness (QED) is 0.743. The van der Waals surface area contributed by atoms with Crippen LogP contribution >= 0.6 is 0 Å². The van der Waals surface area contributed by atoms with E-state index >= 15 is 0 Å². The predicted molar refractivity (Wildman–Crippen MR) is 65.1 cm³/mol. The lowest BCUT2D eigenvalue weighted by Gasteiger charge is -2.16. The molecule has 0 bridgehead atoms. The molecule has 16 heavy (non-hydrogen) atoms. The van der Waals surface area contributed by atoms with Crippen LogP contribution in [0.5, 0.6) is 0 Å². The fourth-order valence-corrected chi connectivity index (χ4v) is 1.38. The highest BCUT2D eigenvalue weighted by molar-refractivity contribution is 5.68. The Morgan fingerprint density at radius 1 is 1.56 bits per heavy atom. The van der Waals surface area contributed by atoms with Gasteiger partial charge in [-0.25, -0.2) is 0 Å². The number of hydrogen-bond donors (Lipinski definition) is 2. The second-order valence-corrected chi connectivity index (χ2v) is 3.74. The van der Waals surface area contributed by atoms with Gasteiger partial charge in [0.05, 0.1) is 23.0 Å². The number of ether oxygens (including phenoxy) is 1. The Morgan fingerprint density at radius 2 is 2.31 bits per heavy atom. The molecule has 0 aliphatic rings. The van der Waals surface area contributed by atoms with Crippen LogP contribution in [0.15, 0.2) is 18.2 Å². The first-order valence-corrected chi connectivity index (χ1v) is 5.22. The number of benzene rings is 1. The fourth-order valence-electron chi connectivity index (χ4n) is 1.38. The van der Waals surface area contributed by atoms with Crippen molar-refractivity contribution < 1.29 is 4.74 Å². The van der Waals surface area contributed by atoms with E-state index in [0.29, 0.717) is 17.9 Å². The summed E-state index contributed by atoms with van der Waals surface area (Å²) < 4.78 is 5.00. The van der Waals surface area contributed by atoms with Crippen molar-refractivity contribution in [3.8, 4) is 6.07 Å². The van der Waals surface area contributed by atoms with Crippen molar-refractivity contribution in [2.75, 3.05) is 24.8 Å². The molecule has 0 saturated carbocycles. The van der Waals surface area contributed by atoms with Gasteiger partial charge >= 0.3 is 0 Å². The van der Waals surface area contributed by atoms with Gasteiger partial charge in [0.25, 0.3) is 0 Å². The molecule has 0 aliphatic carbocycles. The molecule has 0 aliphatic heterocycles. The molecule has 1 atom stereocenters. The maximum absolute atomic E-state index is 8.79. The van der Waals surface area contributed by atoms with Crippen LogP contribution in [0, 0.1) is 11.3 Å². The molecule has 1 rings (SSSR count). The topological polar surface area (TPSA) is 71.1 Å². The van der Waals surface area contributed by atoms with Crippen LogP contribution in [0.2, 0.25) is 0 Å². The van der Waals surface area contributed by atoms with E-state index < -0.39 is 0 Å². The molecule has 3 N–H and O–H groups in total. The van der Waals surface area contributed by atoms with E-state index in [4.69, 9.17) is 15.7 Å². The van der Waals surface area contributed by atoms with Crippen LogP contribution in [0.4, 0.5) is 11.4 Å². The zero-order valence-corrected chi connectivity index (χ0v) is 9.66. The lowest BCUT2D eigenvalue weighted by molar-refractivity contribution is 0.191. The van der Waals surface area contributed by atoms with Crippen molar-refractivity contribution in [2.24, 2.45) is 0 Å². The molecule has 0 radical (unpaired) electrons. The summed E-state index contributed by atoms with van der Waals surface area (Å²) in [7, 11) is 1.68. The minimum Gasteiger partial charge on any atom is -0.397 e. The van der Waals surface area contributed by atoms with Gasteiger partial charge in [-0.15, -0.1) is 0 Å². The van der Waals surface area contributed by atoms with Crippen LogP contribution in [0.25, 0.3) is 0 Å². The average Bonchev–Trinajstić information content (AvgIpc) is 2.29. The van der Waals surface area contributed by atoms with Crippen molar-refractivity contribution >= 4 is 11.4 Å². The maximum Gasteiger partial charge on any atom is 0.0992 e. The molecular formula is C12H17N3O. The molecule has 0 heterocycles. The van der Waals surface area contributed by atoms with E-state index in [1.165, 1.54) is 0 Å². The van der Waals surface area contributed by atoms with Crippen LogP contribution in [0.1, 0.15) is 18.9 Å². The fraction of sp³-hybridized carbons (Fsp3) is 0.417. The SMILES string of the molecule is COCCC(C)Nc1cc(C#N)ccc1N. The highest BCUT2D eigenvalue weighted by atomic mass is 16.5. The van der Waals surface area contributed by atoms with Crippen LogP contribution < -0.4 is 11.1 Å². The second kappa shape index (κ2) is 5.99. The number of nitriles is 1. The first-order valence-electron chi connectivity index (χ1n) is 5.22. The number of nitrogens with one attached hydrogen (secondary N) is 1. The van der Waals surface area contributed by atoms with Crippen molar-refractivity contribution in [1.82, 2.24) is 0 Å². The molecule has 0 fully saturated rings. The summed E-state index contributed by atoms with van der Waals surface area (Å²) in [5.74, 6) is 0. The first-order chi connectivity index (χ1) is 7.67. The Hall–Kier alpha value is -1.73. The van der Waals surface area contributed by atoms with Gasteiger partial charge in [0, 0.05) is 19.8 Å². The minimum absolute atomic E-state index is 0.260. The lowest BCUT2D eigenvalue weighted by Crippen LogP contribution is -2.18. The third-order valence-corrected chi connectivity index (χ3v) is 2.34. The maximum atomic E-state index is 8.79. The van der Waals surface area contributed by atoms with Gasteiger partial charge in [-0.05, 0) is 31.5 Å². The third kappa shape index (κ3) is 3.44. The zero-order chi connectivity index (χ0) is 12.0. The molecule has 0 saturated heterocycles. The average molecular weight is 219 g/mol. The van der Waals surface area contributed by atoms with Crippen molar-refractivity contribution in [1.29, 1.82) is 5.26 Å². The van der Waals surface area contributed by atoms with Gasteiger partial charge in [-0.1, -0.05) is 0 Å². The molecule has 4 nitrogen and oxygen atoms in total. The van der Waals surface area contributed by atoms with Gasteiger partial charge in [0.1, 0.15) is 0 Å². The van der Waals surface area contributed by atoms with Crippen molar-refractivity contribution in [3.63, 3.8) is 0 Å². The van der Waals surface area contributed by atoms with Crippen LogP contribution in [-0.4, -0.2) is 19.8 Å². The molecule has 86 valence electrons. The highest BCUT2D eigenvalue weighted by Crippen LogP contribution is 2.20. The normalized spacial score (nSPS) is 11.8. The number of hydrogen-bond acceptors (Lipinski definition) is 4. The Kier molecular flexibility index (Phi) is 4.62. The predicted octanol–water partition coefficient (Wildman–Crippen LogP) is 1.98. The molecule has 0 aromatic heterocycles. The molecule has 1 aromatic carbocycles. The summed E-state index contributed by atoms with van der Waals surface area (Å²) in [6, 6.07) is 7.56. The van der Waals surface area contributed by atoms with E-state index in [1.54, 1.807) is 25.3 Å². The van der Waals surface area contributed by atoms with Crippen molar-refractivity contribution in [2.45, 2.75) is 19.4 Å². The van der Waals surface area contributed by atoms with Crippen molar-refractivity contribution in [3.05, 3.63) is 23.8 Å². The first kappa shape index (κ1) is 12.3. The number of rotatable bonds is 5.